The molecule has 0 aliphatic carbocycles. The van der Waals surface area contributed by atoms with E-state index in [4.69, 9.17) is 5.73 Å². The quantitative estimate of drug-likeness (QED) is 0.514. The molecule has 1 rings (SSSR count). The van der Waals surface area contributed by atoms with Crippen LogP contribution in [0.5, 0.6) is 0 Å². The fraction of sp³-hybridized carbons (Fsp3) is 0.545. The molecule has 1 aliphatic heterocycles. The number of amides is 3. The van der Waals surface area contributed by atoms with E-state index in [-0.39, 0.29) is 17.7 Å². The number of imide groups is 1. The van der Waals surface area contributed by atoms with Crippen molar-refractivity contribution < 1.29 is 14.4 Å². The number of primary amides is 1. The third-order valence-corrected chi connectivity index (χ3v) is 4.70. The van der Waals surface area contributed by atoms with Gasteiger partial charge in [0.25, 0.3) is 11.8 Å². The highest BCUT2D eigenvalue weighted by Crippen LogP contribution is 2.32. The largest absolute Gasteiger partial charge is 0.370 e. The molecule has 3 amide bonds. The van der Waals surface area contributed by atoms with Crippen LogP contribution in [0.1, 0.15) is 26.2 Å². The average molecular weight is 288 g/mol. The molecule has 5 nitrogen and oxygen atoms in total. The van der Waals surface area contributed by atoms with Crippen molar-refractivity contribution in [2.24, 2.45) is 5.73 Å². The zero-order chi connectivity index (χ0) is 13.5. The summed E-state index contributed by atoms with van der Waals surface area (Å²) in [5, 5.41) is 2.29. The minimum atomic E-state index is -0.350. The van der Waals surface area contributed by atoms with E-state index in [1.807, 2.05) is 6.92 Å². The van der Waals surface area contributed by atoms with Gasteiger partial charge in [0.05, 0.1) is 9.81 Å². The van der Waals surface area contributed by atoms with Crippen molar-refractivity contribution in [1.29, 1.82) is 0 Å². The summed E-state index contributed by atoms with van der Waals surface area (Å²) in [7, 11) is 0. The fourth-order valence-corrected chi connectivity index (χ4v) is 3.38. The smallest absolute Gasteiger partial charge is 0.265 e. The van der Waals surface area contributed by atoms with E-state index in [1.54, 1.807) is 0 Å². The van der Waals surface area contributed by atoms with Gasteiger partial charge < -0.3 is 5.73 Å². The van der Waals surface area contributed by atoms with Crippen LogP contribution in [0, 0.1) is 0 Å². The van der Waals surface area contributed by atoms with Crippen LogP contribution in [-0.2, 0) is 14.4 Å². The van der Waals surface area contributed by atoms with Crippen LogP contribution in [0.4, 0.5) is 0 Å². The zero-order valence-electron chi connectivity index (χ0n) is 10.2. The second kappa shape index (κ2) is 7.48. The normalized spacial score (nSPS) is 15.2. The molecule has 18 heavy (non-hydrogen) atoms. The zero-order valence-corrected chi connectivity index (χ0v) is 11.8. The SMILES string of the molecule is CCCSC1=C(SCCCC(N)=O)C(=O)NC1=O. The van der Waals surface area contributed by atoms with Crippen molar-refractivity contribution in [3.63, 3.8) is 0 Å². The molecule has 0 aromatic rings. The van der Waals surface area contributed by atoms with Gasteiger partial charge in [0.1, 0.15) is 0 Å². The number of nitrogens with two attached hydrogens (primary N) is 1. The van der Waals surface area contributed by atoms with Crippen molar-refractivity contribution in [1.82, 2.24) is 5.32 Å². The second-order valence-electron chi connectivity index (χ2n) is 3.71. The summed E-state index contributed by atoms with van der Waals surface area (Å²) in [5.41, 5.74) is 5.03. The molecule has 1 heterocycles. The predicted octanol–water partition coefficient (Wildman–Crippen LogP) is 0.996. The maximum Gasteiger partial charge on any atom is 0.265 e. The van der Waals surface area contributed by atoms with E-state index < -0.39 is 0 Å². The number of thioether (sulfide) groups is 2. The molecular weight excluding hydrogens is 272 g/mol. The number of hydrogen-bond acceptors (Lipinski definition) is 5. The maximum atomic E-state index is 11.6. The first-order valence-electron chi connectivity index (χ1n) is 5.70. The van der Waals surface area contributed by atoms with Gasteiger partial charge in [0, 0.05) is 6.42 Å². The Kier molecular flexibility index (Phi) is 6.28. The second-order valence-corrected chi connectivity index (χ2v) is 5.92. The Bertz CT molecular complexity index is 394. The van der Waals surface area contributed by atoms with E-state index in [9.17, 15) is 14.4 Å². The summed E-state index contributed by atoms with van der Waals surface area (Å²) in [5.74, 6) is 0.423. The van der Waals surface area contributed by atoms with Crippen molar-refractivity contribution in [2.75, 3.05) is 11.5 Å². The Labute approximate surface area is 114 Å². The highest BCUT2D eigenvalue weighted by atomic mass is 32.2. The van der Waals surface area contributed by atoms with Crippen molar-refractivity contribution in [2.45, 2.75) is 26.2 Å². The lowest BCUT2D eigenvalue weighted by molar-refractivity contribution is -0.123. The number of carbonyl (C=O) groups excluding carboxylic acids is 3. The minimum Gasteiger partial charge on any atom is -0.370 e. The Morgan fingerprint density at radius 2 is 1.72 bits per heavy atom. The van der Waals surface area contributed by atoms with Gasteiger partial charge in [-0.05, 0) is 24.3 Å². The van der Waals surface area contributed by atoms with Crippen molar-refractivity contribution in [3.8, 4) is 0 Å². The van der Waals surface area contributed by atoms with Crippen molar-refractivity contribution >= 4 is 41.2 Å². The fourth-order valence-electron chi connectivity index (χ4n) is 1.31. The van der Waals surface area contributed by atoms with Gasteiger partial charge in [-0.3, -0.25) is 19.7 Å². The molecule has 0 spiro atoms. The molecular formula is C11H16N2O3S2. The van der Waals surface area contributed by atoms with Gasteiger partial charge in [-0.25, -0.2) is 0 Å². The minimum absolute atomic E-state index is 0.299. The highest BCUT2D eigenvalue weighted by Gasteiger charge is 2.30. The van der Waals surface area contributed by atoms with Crippen LogP contribution in [0.15, 0.2) is 9.81 Å². The Balaban J connectivity index is 2.56. The van der Waals surface area contributed by atoms with Crippen LogP contribution in [0.25, 0.3) is 0 Å². The van der Waals surface area contributed by atoms with Crippen LogP contribution in [0.3, 0.4) is 0 Å². The molecule has 7 heteroatoms. The Morgan fingerprint density at radius 3 is 2.22 bits per heavy atom. The standard InChI is InChI=1S/C11H16N2O3S2/c1-2-5-17-8-9(11(16)13-10(8)15)18-6-3-4-7(12)14/h2-6H2,1H3,(H2,12,14)(H,13,15,16). The summed E-state index contributed by atoms with van der Waals surface area (Å²) < 4.78 is 0. The maximum absolute atomic E-state index is 11.6. The molecule has 0 atom stereocenters. The van der Waals surface area contributed by atoms with Gasteiger partial charge in [-0.15, -0.1) is 23.5 Å². The topological polar surface area (TPSA) is 89.3 Å². The summed E-state index contributed by atoms with van der Waals surface area (Å²) in [6, 6.07) is 0. The summed E-state index contributed by atoms with van der Waals surface area (Å²) in [4.78, 5) is 34.7. The first-order chi connectivity index (χ1) is 8.56. The molecule has 0 fully saturated rings. The van der Waals surface area contributed by atoms with E-state index in [0.29, 0.717) is 28.4 Å². The first kappa shape index (κ1) is 15.1. The third kappa shape index (κ3) is 4.38. The summed E-state index contributed by atoms with van der Waals surface area (Å²) >= 11 is 2.72. The average Bonchev–Trinajstić information content (AvgIpc) is 2.56. The molecule has 0 unspecified atom stereocenters. The molecule has 0 saturated carbocycles. The molecule has 0 aromatic carbocycles. The summed E-state index contributed by atoms with van der Waals surface area (Å²) in [6.07, 6.45) is 1.85. The van der Waals surface area contributed by atoms with Crippen LogP contribution >= 0.6 is 23.5 Å². The number of hydrogen-bond donors (Lipinski definition) is 2. The lowest BCUT2D eigenvalue weighted by atomic mass is 10.3. The Hall–Kier alpha value is -0.950. The third-order valence-electron chi connectivity index (χ3n) is 2.11. The van der Waals surface area contributed by atoms with Crippen LogP contribution in [0.2, 0.25) is 0 Å². The van der Waals surface area contributed by atoms with Crippen molar-refractivity contribution in [3.05, 3.63) is 9.81 Å². The lowest BCUT2D eigenvalue weighted by Gasteiger charge is -2.02. The molecule has 0 bridgehead atoms. The molecule has 0 saturated heterocycles. The molecule has 100 valence electrons. The Morgan fingerprint density at radius 1 is 1.17 bits per heavy atom. The van der Waals surface area contributed by atoms with Gasteiger partial charge in [-0.2, -0.15) is 0 Å². The number of carbonyl (C=O) groups is 3. The van der Waals surface area contributed by atoms with Gasteiger partial charge in [0.2, 0.25) is 5.91 Å². The molecule has 0 radical (unpaired) electrons. The first-order valence-corrected chi connectivity index (χ1v) is 7.67. The van der Waals surface area contributed by atoms with E-state index in [2.05, 4.69) is 5.32 Å². The van der Waals surface area contributed by atoms with E-state index >= 15 is 0 Å². The van der Waals surface area contributed by atoms with E-state index in [1.165, 1.54) is 23.5 Å². The van der Waals surface area contributed by atoms with E-state index in [0.717, 1.165) is 12.2 Å². The number of nitrogens with one attached hydrogen (secondary N) is 1. The summed E-state index contributed by atoms with van der Waals surface area (Å²) in [6.45, 7) is 2.02. The van der Waals surface area contributed by atoms with Crippen LogP contribution in [-0.4, -0.2) is 29.2 Å². The van der Waals surface area contributed by atoms with Gasteiger partial charge in [-0.1, -0.05) is 6.92 Å². The number of rotatable bonds is 8. The monoisotopic (exact) mass is 288 g/mol. The molecule has 1 aliphatic rings. The lowest BCUT2D eigenvalue weighted by Crippen LogP contribution is -2.22. The highest BCUT2D eigenvalue weighted by molar-refractivity contribution is 8.08. The molecule has 3 N–H and O–H groups in total. The van der Waals surface area contributed by atoms with Gasteiger partial charge >= 0.3 is 0 Å². The molecule has 0 aromatic heterocycles. The van der Waals surface area contributed by atoms with Gasteiger partial charge in [0.15, 0.2) is 0 Å². The van der Waals surface area contributed by atoms with Crippen LogP contribution < -0.4 is 11.1 Å². The predicted molar refractivity (Wildman–Crippen MR) is 73.8 cm³/mol.